The maximum absolute atomic E-state index is 12.4. The Labute approximate surface area is 131 Å². The Kier molecular flexibility index (Phi) is 4.79. The van der Waals surface area contributed by atoms with Gasteiger partial charge in [-0.2, -0.15) is 0 Å². The molecule has 2 fully saturated rings. The van der Waals surface area contributed by atoms with Gasteiger partial charge in [-0.1, -0.05) is 30.3 Å². The van der Waals surface area contributed by atoms with Gasteiger partial charge in [0.2, 0.25) is 5.91 Å². The van der Waals surface area contributed by atoms with Crippen molar-refractivity contribution in [2.75, 3.05) is 6.54 Å². The minimum Gasteiger partial charge on any atom is -0.393 e. The summed E-state index contributed by atoms with van der Waals surface area (Å²) in [6.45, 7) is 2.36. The van der Waals surface area contributed by atoms with Crippen LogP contribution in [0.4, 0.5) is 0 Å². The lowest BCUT2D eigenvalue weighted by Gasteiger charge is -2.22. The van der Waals surface area contributed by atoms with E-state index in [0.29, 0.717) is 19.1 Å². The SMILES string of the molecule is CC(O)CC(CNC(=O)C1CC2CCC1O2)c1ccccc1. The largest absolute Gasteiger partial charge is 0.393 e. The predicted octanol–water partition coefficient (Wildman–Crippen LogP) is 2.22. The number of nitrogens with one attached hydrogen (secondary N) is 1. The molecule has 1 amide bonds. The summed E-state index contributed by atoms with van der Waals surface area (Å²) in [5.74, 6) is 0.269. The molecule has 5 atom stereocenters. The Bertz CT molecular complexity index is 502. The van der Waals surface area contributed by atoms with Crippen LogP contribution in [-0.2, 0) is 9.53 Å². The second-order valence-electron chi connectivity index (χ2n) is 6.65. The number of fused-ring (bicyclic) bond motifs is 2. The van der Waals surface area contributed by atoms with Crippen molar-refractivity contribution in [1.29, 1.82) is 0 Å². The number of aliphatic hydroxyl groups is 1. The zero-order valence-electron chi connectivity index (χ0n) is 13.1. The molecule has 0 aliphatic carbocycles. The van der Waals surface area contributed by atoms with E-state index in [1.54, 1.807) is 6.92 Å². The van der Waals surface area contributed by atoms with Crippen LogP contribution in [0.2, 0.25) is 0 Å². The van der Waals surface area contributed by atoms with Crippen LogP contribution < -0.4 is 5.32 Å². The van der Waals surface area contributed by atoms with Crippen LogP contribution in [0, 0.1) is 5.92 Å². The lowest BCUT2D eigenvalue weighted by molar-refractivity contribution is -0.126. The minimum atomic E-state index is -0.382. The molecule has 2 aliphatic heterocycles. The van der Waals surface area contributed by atoms with Crippen LogP contribution >= 0.6 is 0 Å². The standard InChI is InChI=1S/C18H25NO3/c1-12(20)9-14(13-5-3-2-4-6-13)11-19-18(21)16-10-15-7-8-17(16)22-15/h2-6,12,14-17,20H,7-11H2,1H3,(H,19,21). The number of hydrogen-bond donors (Lipinski definition) is 2. The van der Waals surface area contributed by atoms with Gasteiger partial charge in [0, 0.05) is 12.5 Å². The Morgan fingerprint density at radius 1 is 1.36 bits per heavy atom. The summed E-state index contributed by atoms with van der Waals surface area (Å²) in [7, 11) is 0. The Hall–Kier alpha value is -1.39. The third-order valence-electron chi connectivity index (χ3n) is 4.86. The first-order valence-corrected chi connectivity index (χ1v) is 8.29. The predicted molar refractivity (Wildman–Crippen MR) is 84.5 cm³/mol. The summed E-state index contributed by atoms with van der Waals surface area (Å²) in [4.78, 5) is 12.4. The van der Waals surface area contributed by atoms with Crippen LogP contribution in [-0.4, -0.2) is 35.9 Å². The van der Waals surface area contributed by atoms with E-state index in [1.807, 2.05) is 18.2 Å². The maximum Gasteiger partial charge on any atom is 0.225 e. The number of ether oxygens (including phenoxy) is 1. The zero-order valence-corrected chi connectivity index (χ0v) is 13.1. The minimum absolute atomic E-state index is 0.0155. The van der Waals surface area contributed by atoms with Crippen LogP contribution in [0.5, 0.6) is 0 Å². The van der Waals surface area contributed by atoms with Crippen LogP contribution in [0.25, 0.3) is 0 Å². The van der Waals surface area contributed by atoms with Crippen molar-refractivity contribution in [2.24, 2.45) is 5.92 Å². The maximum atomic E-state index is 12.4. The normalized spacial score (nSPS) is 29.3. The third-order valence-corrected chi connectivity index (χ3v) is 4.86. The molecule has 2 heterocycles. The fraction of sp³-hybridized carbons (Fsp3) is 0.611. The Balaban J connectivity index is 1.58. The molecule has 5 unspecified atom stereocenters. The van der Waals surface area contributed by atoms with E-state index >= 15 is 0 Å². The van der Waals surface area contributed by atoms with E-state index in [1.165, 1.54) is 0 Å². The number of aliphatic hydroxyl groups excluding tert-OH is 1. The van der Waals surface area contributed by atoms with E-state index in [9.17, 15) is 9.90 Å². The van der Waals surface area contributed by atoms with Gasteiger partial charge in [0.15, 0.2) is 0 Å². The molecule has 0 radical (unpaired) electrons. The van der Waals surface area contributed by atoms with Crippen molar-refractivity contribution >= 4 is 5.91 Å². The fourth-order valence-electron chi connectivity index (χ4n) is 3.74. The van der Waals surface area contributed by atoms with Crippen molar-refractivity contribution in [2.45, 2.75) is 56.8 Å². The highest BCUT2D eigenvalue weighted by Crippen LogP contribution is 2.38. The molecule has 120 valence electrons. The quantitative estimate of drug-likeness (QED) is 0.847. The van der Waals surface area contributed by atoms with Gasteiger partial charge in [0.1, 0.15) is 0 Å². The molecule has 0 saturated carbocycles. The highest BCUT2D eigenvalue weighted by Gasteiger charge is 2.44. The molecular weight excluding hydrogens is 278 g/mol. The number of carbonyl (C=O) groups is 1. The fourth-order valence-corrected chi connectivity index (χ4v) is 3.74. The molecule has 0 spiro atoms. The van der Waals surface area contributed by atoms with Crippen LogP contribution in [0.1, 0.15) is 44.1 Å². The Morgan fingerprint density at radius 3 is 2.73 bits per heavy atom. The molecule has 3 rings (SSSR count). The molecule has 4 heteroatoms. The monoisotopic (exact) mass is 303 g/mol. The number of amides is 1. The second kappa shape index (κ2) is 6.80. The summed E-state index contributed by atoms with van der Waals surface area (Å²) in [6.07, 6.45) is 3.66. The highest BCUT2D eigenvalue weighted by molar-refractivity contribution is 5.79. The van der Waals surface area contributed by atoms with E-state index in [2.05, 4.69) is 17.4 Å². The van der Waals surface area contributed by atoms with Crippen molar-refractivity contribution in [3.05, 3.63) is 35.9 Å². The molecule has 0 aromatic heterocycles. The number of hydrogen-bond acceptors (Lipinski definition) is 3. The zero-order chi connectivity index (χ0) is 15.5. The molecule has 2 aliphatic rings. The Morgan fingerprint density at radius 2 is 2.14 bits per heavy atom. The van der Waals surface area contributed by atoms with Gasteiger partial charge < -0.3 is 15.2 Å². The first-order chi connectivity index (χ1) is 10.6. The van der Waals surface area contributed by atoms with Crippen molar-refractivity contribution in [3.63, 3.8) is 0 Å². The van der Waals surface area contributed by atoms with E-state index < -0.39 is 0 Å². The average Bonchev–Trinajstić information content (AvgIpc) is 3.14. The van der Waals surface area contributed by atoms with Gasteiger partial charge in [-0.25, -0.2) is 0 Å². The number of benzene rings is 1. The van der Waals surface area contributed by atoms with E-state index in [4.69, 9.17) is 4.74 Å². The molecule has 1 aromatic rings. The molecule has 4 nitrogen and oxygen atoms in total. The smallest absolute Gasteiger partial charge is 0.225 e. The summed E-state index contributed by atoms with van der Waals surface area (Å²) in [5, 5.41) is 12.8. The van der Waals surface area contributed by atoms with Crippen molar-refractivity contribution < 1.29 is 14.6 Å². The summed E-state index contributed by atoms with van der Waals surface area (Å²) in [5.41, 5.74) is 1.16. The lowest BCUT2D eigenvalue weighted by Crippen LogP contribution is -2.38. The van der Waals surface area contributed by atoms with Gasteiger partial charge in [-0.15, -0.1) is 0 Å². The molecule has 2 N–H and O–H groups in total. The summed E-state index contributed by atoms with van der Waals surface area (Å²) < 4.78 is 5.76. The van der Waals surface area contributed by atoms with Crippen molar-refractivity contribution in [3.8, 4) is 0 Å². The topological polar surface area (TPSA) is 58.6 Å². The van der Waals surface area contributed by atoms with Gasteiger partial charge in [-0.3, -0.25) is 4.79 Å². The molecule has 22 heavy (non-hydrogen) atoms. The highest BCUT2D eigenvalue weighted by atomic mass is 16.5. The molecular formula is C18H25NO3. The first-order valence-electron chi connectivity index (χ1n) is 8.29. The summed E-state index contributed by atoms with van der Waals surface area (Å²) in [6, 6.07) is 10.1. The average molecular weight is 303 g/mol. The number of carbonyl (C=O) groups excluding carboxylic acids is 1. The van der Waals surface area contributed by atoms with Gasteiger partial charge in [-0.05, 0) is 38.2 Å². The third kappa shape index (κ3) is 3.50. The molecule has 2 bridgehead atoms. The number of rotatable bonds is 6. The first kappa shape index (κ1) is 15.5. The van der Waals surface area contributed by atoms with Gasteiger partial charge in [0.05, 0.1) is 24.2 Å². The van der Waals surface area contributed by atoms with E-state index in [-0.39, 0.29) is 30.0 Å². The van der Waals surface area contributed by atoms with Gasteiger partial charge >= 0.3 is 0 Å². The van der Waals surface area contributed by atoms with Crippen LogP contribution in [0.15, 0.2) is 30.3 Å². The van der Waals surface area contributed by atoms with E-state index in [0.717, 1.165) is 24.8 Å². The van der Waals surface area contributed by atoms with Crippen molar-refractivity contribution in [1.82, 2.24) is 5.32 Å². The lowest BCUT2D eigenvalue weighted by atomic mass is 9.88. The van der Waals surface area contributed by atoms with Gasteiger partial charge in [0.25, 0.3) is 0 Å². The van der Waals surface area contributed by atoms with Crippen LogP contribution in [0.3, 0.4) is 0 Å². The summed E-state index contributed by atoms with van der Waals surface area (Å²) >= 11 is 0. The molecule has 1 aromatic carbocycles. The molecule has 2 saturated heterocycles. The second-order valence-corrected chi connectivity index (χ2v) is 6.65.